The van der Waals surface area contributed by atoms with Crippen LogP contribution in [0, 0.1) is 0 Å². The predicted molar refractivity (Wildman–Crippen MR) is 98.7 cm³/mol. The van der Waals surface area contributed by atoms with Crippen LogP contribution >= 0.6 is 11.8 Å². The Labute approximate surface area is 156 Å². The molecule has 2 aliphatic rings. The molecule has 2 aromatic rings. The van der Waals surface area contributed by atoms with Crippen LogP contribution in [0.15, 0.2) is 27.8 Å². The average molecular weight is 371 g/mol. The van der Waals surface area contributed by atoms with Gasteiger partial charge in [-0.3, -0.25) is 9.59 Å². The Morgan fingerprint density at radius 1 is 1.27 bits per heavy atom. The first-order chi connectivity index (χ1) is 12.6. The van der Waals surface area contributed by atoms with Gasteiger partial charge >= 0.3 is 0 Å². The number of anilines is 1. The number of aromatic nitrogens is 2. The quantitative estimate of drug-likeness (QED) is 0.628. The van der Waals surface area contributed by atoms with Crippen LogP contribution in [0.1, 0.15) is 72.7 Å². The second kappa shape index (κ2) is 7.23. The van der Waals surface area contributed by atoms with Gasteiger partial charge in [-0.1, -0.05) is 31.0 Å². The summed E-state index contributed by atoms with van der Waals surface area (Å²) in [6.45, 7) is 1.84. The van der Waals surface area contributed by atoms with Crippen LogP contribution < -0.4 is 5.32 Å². The fourth-order valence-corrected chi connectivity index (χ4v) is 4.26. The van der Waals surface area contributed by atoms with E-state index in [0.717, 1.165) is 24.1 Å². The number of ketones is 1. The Bertz CT molecular complexity index is 842. The van der Waals surface area contributed by atoms with Crippen molar-refractivity contribution in [3.63, 3.8) is 0 Å². The Kier molecular flexibility index (Phi) is 4.80. The molecule has 1 fully saturated rings. The maximum atomic E-state index is 12.5. The van der Waals surface area contributed by atoms with Crippen molar-refractivity contribution in [2.45, 2.75) is 56.1 Å². The molecule has 2 heterocycles. The van der Waals surface area contributed by atoms with Gasteiger partial charge in [-0.25, -0.2) is 0 Å². The van der Waals surface area contributed by atoms with Crippen LogP contribution in [0.3, 0.4) is 0 Å². The highest BCUT2D eigenvalue weighted by atomic mass is 32.2. The van der Waals surface area contributed by atoms with Crippen molar-refractivity contribution in [3.8, 4) is 0 Å². The van der Waals surface area contributed by atoms with Gasteiger partial charge in [0.1, 0.15) is 0 Å². The highest BCUT2D eigenvalue weighted by Crippen LogP contribution is 2.34. The van der Waals surface area contributed by atoms with Crippen LogP contribution in [0.2, 0.25) is 0 Å². The smallest absolute Gasteiger partial charge is 0.277 e. The molecule has 1 atom stereocenters. The minimum absolute atomic E-state index is 0.0123. The fourth-order valence-electron chi connectivity index (χ4n) is 3.59. The van der Waals surface area contributed by atoms with Crippen LogP contribution in [-0.2, 0) is 4.79 Å². The number of amides is 1. The molecule has 0 radical (unpaired) electrons. The number of nitrogens with one attached hydrogen (secondary N) is 1. The third-order valence-corrected chi connectivity index (χ3v) is 6.01. The predicted octanol–water partition coefficient (Wildman–Crippen LogP) is 4.15. The fraction of sp³-hybridized carbons (Fsp3) is 0.474. The van der Waals surface area contributed by atoms with E-state index in [2.05, 4.69) is 15.5 Å². The van der Waals surface area contributed by atoms with Gasteiger partial charge in [-0.2, -0.15) is 0 Å². The number of fused-ring (bicyclic) bond motifs is 1. The number of rotatable bonds is 5. The van der Waals surface area contributed by atoms with Gasteiger partial charge in [0, 0.05) is 17.2 Å². The van der Waals surface area contributed by atoms with E-state index in [1.807, 2.05) is 13.0 Å². The van der Waals surface area contributed by atoms with Gasteiger partial charge in [0.15, 0.2) is 5.78 Å². The molecule has 136 valence electrons. The average Bonchev–Trinajstić information content (AvgIpc) is 3.25. The van der Waals surface area contributed by atoms with Crippen LogP contribution in [0.25, 0.3) is 0 Å². The molecule has 1 aromatic heterocycles. The van der Waals surface area contributed by atoms with Crippen molar-refractivity contribution >= 4 is 29.1 Å². The molecule has 0 bridgehead atoms. The second-order valence-electron chi connectivity index (χ2n) is 6.97. The number of nitrogens with zero attached hydrogens (tertiary/aromatic N) is 2. The van der Waals surface area contributed by atoms with Gasteiger partial charge in [0.05, 0.1) is 11.7 Å². The molecule has 1 aliphatic heterocycles. The number of Topliss-reactive ketones (excluding diaryl/α,β-unsaturated/α-hetero) is 1. The zero-order chi connectivity index (χ0) is 18.1. The lowest BCUT2D eigenvalue weighted by Crippen LogP contribution is -2.08. The second-order valence-corrected chi connectivity index (χ2v) is 7.89. The largest absolute Gasteiger partial charge is 0.416 e. The zero-order valence-corrected chi connectivity index (χ0v) is 15.5. The van der Waals surface area contributed by atoms with Crippen LogP contribution in [-0.4, -0.2) is 27.6 Å². The summed E-state index contributed by atoms with van der Waals surface area (Å²) in [7, 11) is 0. The van der Waals surface area contributed by atoms with Crippen molar-refractivity contribution in [1.82, 2.24) is 10.2 Å². The highest BCUT2D eigenvalue weighted by Gasteiger charge is 2.27. The molecule has 4 rings (SSSR count). The zero-order valence-electron chi connectivity index (χ0n) is 14.7. The Balaban J connectivity index is 1.39. The minimum atomic E-state index is -0.223. The number of benzene rings is 1. The summed E-state index contributed by atoms with van der Waals surface area (Å²) in [6.07, 6.45) is 5.90. The molecule has 0 spiro atoms. The Morgan fingerprint density at radius 3 is 2.88 bits per heavy atom. The van der Waals surface area contributed by atoms with E-state index in [9.17, 15) is 9.59 Å². The number of carbonyl (C=O) groups excluding carboxylic acids is 2. The first-order valence-corrected chi connectivity index (χ1v) is 10.0. The highest BCUT2D eigenvalue weighted by molar-refractivity contribution is 7.99. The third-order valence-electron chi connectivity index (χ3n) is 5.19. The van der Waals surface area contributed by atoms with E-state index in [1.165, 1.54) is 31.0 Å². The number of hydrogen-bond acceptors (Lipinski definition) is 6. The maximum absolute atomic E-state index is 12.5. The summed E-state index contributed by atoms with van der Waals surface area (Å²) in [6, 6.07) is 5.35. The van der Waals surface area contributed by atoms with E-state index in [4.69, 9.17) is 4.42 Å². The molecule has 1 aliphatic carbocycles. The van der Waals surface area contributed by atoms with E-state index in [0.29, 0.717) is 22.6 Å². The first-order valence-electron chi connectivity index (χ1n) is 9.06. The van der Waals surface area contributed by atoms with E-state index in [1.54, 1.807) is 12.1 Å². The first kappa shape index (κ1) is 17.3. The molecule has 26 heavy (non-hydrogen) atoms. The number of thioether (sulfide) groups is 1. The molecule has 7 heteroatoms. The lowest BCUT2D eigenvalue weighted by Gasteiger charge is -2.17. The molecule has 0 unspecified atom stereocenters. The molecule has 1 aromatic carbocycles. The monoisotopic (exact) mass is 371 g/mol. The molecule has 1 amide bonds. The maximum Gasteiger partial charge on any atom is 0.277 e. The minimum Gasteiger partial charge on any atom is -0.416 e. The molecule has 0 saturated heterocycles. The van der Waals surface area contributed by atoms with E-state index >= 15 is 0 Å². The van der Waals surface area contributed by atoms with E-state index < -0.39 is 0 Å². The summed E-state index contributed by atoms with van der Waals surface area (Å²) in [5, 5.41) is 11.5. The van der Waals surface area contributed by atoms with Crippen molar-refractivity contribution < 1.29 is 14.0 Å². The van der Waals surface area contributed by atoms with Gasteiger partial charge in [-0.05, 0) is 43.5 Å². The van der Waals surface area contributed by atoms with Gasteiger partial charge in [0.25, 0.3) is 5.22 Å². The molecule has 1 saturated carbocycles. The normalized spacial score (nSPS) is 20.0. The number of carbonyl (C=O) groups is 2. The van der Waals surface area contributed by atoms with Gasteiger partial charge < -0.3 is 9.73 Å². The summed E-state index contributed by atoms with van der Waals surface area (Å²) >= 11 is 1.27. The van der Waals surface area contributed by atoms with Crippen LogP contribution in [0.4, 0.5) is 5.69 Å². The van der Waals surface area contributed by atoms with Crippen LogP contribution in [0.5, 0.6) is 0 Å². The summed E-state index contributed by atoms with van der Waals surface area (Å²) in [5.41, 5.74) is 2.27. The Hall–Kier alpha value is -2.15. The molecular formula is C19H21N3O3S. The SMILES string of the molecule is C[C@@H]1C(=O)Nc2ccc(C(=O)CSc3nnc(C4CCCCC4)o3)cc21. The van der Waals surface area contributed by atoms with Gasteiger partial charge in [-0.15, -0.1) is 10.2 Å². The standard InChI is InChI=1S/C19H21N3O3S/c1-11-14-9-13(7-8-15(14)20-17(11)24)16(23)10-26-19-22-21-18(25-19)12-5-3-2-4-6-12/h7-9,11-12H,2-6,10H2,1H3,(H,20,24)/t11-/m0/s1. The van der Waals surface area contributed by atoms with Crippen molar-refractivity contribution in [1.29, 1.82) is 0 Å². The summed E-state index contributed by atoms with van der Waals surface area (Å²) in [5.74, 6) is 1.04. The summed E-state index contributed by atoms with van der Waals surface area (Å²) < 4.78 is 5.75. The van der Waals surface area contributed by atoms with Crippen molar-refractivity contribution in [2.75, 3.05) is 11.1 Å². The van der Waals surface area contributed by atoms with Gasteiger partial charge in [0.2, 0.25) is 11.8 Å². The topological polar surface area (TPSA) is 85.1 Å². The van der Waals surface area contributed by atoms with Crippen molar-refractivity contribution in [3.05, 3.63) is 35.2 Å². The third kappa shape index (κ3) is 3.40. The molecule has 1 N–H and O–H groups in total. The Morgan fingerprint density at radius 2 is 2.08 bits per heavy atom. The summed E-state index contributed by atoms with van der Waals surface area (Å²) in [4.78, 5) is 24.2. The number of hydrogen-bond donors (Lipinski definition) is 1. The lowest BCUT2D eigenvalue weighted by molar-refractivity contribution is -0.116. The molecular weight excluding hydrogens is 350 g/mol. The lowest BCUT2D eigenvalue weighted by atomic mass is 9.89. The van der Waals surface area contributed by atoms with Crippen molar-refractivity contribution in [2.24, 2.45) is 0 Å². The van der Waals surface area contributed by atoms with E-state index in [-0.39, 0.29) is 23.4 Å². The molecule has 6 nitrogen and oxygen atoms in total.